The summed E-state index contributed by atoms with van der Waals surface area (Å²) in [6.45, 7) is 12.3. The summed E-state index contributed by atoms with van der Waals surface area (Å²) < 4.78 is 0. The minimum Gasteiger partial charge on any atom is -0.0614 e. The van der Waals surface area contributed by atoms with Gasteiger partial charge in [-0.2, -0.15) is 0 Å². The fraction of sp³-hybridized carbons (Fsp3) is 1.00. The van der Waals surface area contributed by atoms with Crippen LogP contribution in [0.4, 0.5) is 0 Å². The van der Waals surface area contributed by atoms with Gasteiger partial charge in [0.05, 0.1) is 0 Å². The van der Waals surface area contributed by atoms with Gasteiger partial charge in [0.25, 0.3) is 0 Å². The first-order valence-electron chi connectivity index (χ1n) is 4.86. The Labute approximate surface area is 70.4 Å². The molecule has 2 fully saturated rings. The second-order valence-corrected chi connectivity index (χ2v) is 5.73. The van der Waals surface area contributed by atoms with Crippen LogP contribution in [0.3, 0.4) is 0 Å². The summed E-state index contributed by atoms with van der Waals surface area (Å²) in [5.74, 6) is 0.957. The average Bonchev–Trinajstić information content (AvgIpc) is 2.25. The second kappa shape index (κ2) is 1.53. The van der Waals surface area contributed by atoms with E-state index in [4.69, 9.17) is 0 Å². The van der Waals surface area contributed by atoms with Crippen molar-refractivity contribution >= 4 is 0 Å². The fourth-order valence-electron chi connectivity index (χ4n) is 3.81. The molecule has 0 N–H and O–H groups in total. The van der Waals surface area contributed by atoms with Crippen LogP contribution >= 0.6 is 0 Å². The van der Waals surface area contributed by atoms with Crippen LogP contribution in [0, 0.1) is 22.2 Å². The molecule has 64 valence electrons. The molecule has 0 spiro atoms. The number of rotatable bonds is 0. The molecule has 0 aromatic carbocycles. The fourth-order valence-corrected chi connectivity index (χ4v) is 3.81. The van der Waals surface area contributed by atoms with Crippen molar-refractivity contribution in [1.29, 1.82) is 0 Å². The lowest BCUT2D eigenvalue weighted by molar-refractivity contribution is 0.200. The van der Waals surface area contributed by atoms with Crippen molar-refractivity contribution < 1.29 is 0 Å². The third-order valence-corrected chi connectivity index (χ3v) is 5.60. The molecule has 2 aliphatic carbocycles. The van der Waals surface area contributed by atoms with Gasteiger partial charge >= 0.3 is 0 Å². The van der Waals surface area contributed by atoms with E-state index in [0.717, 1.165) is 5.92 Å². The maximum atomic E-state index is 2.49. The van der Waals surface area contributed by atoms with Gasteiger partial charge < -0.3 is 0 Å². The number of fused-ring (bicyclic) bond motifs is 1. The van der Waals surface area contributed by atoms with Gasteiger partial charge in [0.1, 0.15) is 0 Å². The largest absolute Gasteiger partial charge is 0.0614 e. The molecule has 0 radical (unpaired) electrons. The zero-order chi connectivity index (χ0) is 8.49. The standard InChI is InChI=1S/C11H20/c1-8-10(4)7-6-9(2,3)11(8,10)5/h8H,6-7H2,1-5H3/t8?,10?,11-/m0/s1. The molecular formula is C11H20. The molecule has 2 aliphatic rings. The summed E-state index contributed by atoms with van der Waals surface area (Å²) in [5.41, 5.74) is 1.94. The van der Waals surface area contributed by atoms with Gasteiger partial charge in [-0.1, -0.05) is 34.6 Å². The maximum absolute atomic E-state index is 2.49. The summed E-state index contributed by atoms with van der Waals surface area (Å²) in [4.78, 5) is 0. The van der Waals surface area contributed by atoms with Gasteiger partial charge in [0.2, 0.25) is 0 Å². The monoisotopic (exact) mass is 152 g/mol. The smallest absolute Gasteiger partial charge is 0.0187 e. The van der Waals surface area contributed by atoms with Crippen molar-refractivity contribution in [3.05, 3.63) is 0 Å². The van der Waals surface area contributed by atoms with Crippen LogP contribution in [0.2, 0.25) is 0 Å². The Bertz CT molecular complexity index is 197. The predicted octanol–water partition coefficient (Wildman–Crippen LogP) is 3.47. The molecule has 0 heteroatoms. The first kappa shape index (κ1) is 7.64. The SMILES string of the molecule is CC1C2(C)CCC(C)(C)[C@]12C. The van der Waals surface area contributed by atoms with Gasteiger partial charge in [0.15, 0.2) is 0 Å². The van der Waals surface area contributed by atoms with Crippen molar-refractivity contribution in [3.63, 3.8) is 0 Å². The Kier molecular flexibility index (Phi) is 1.06. The topological polar surface area (TPSA) is 0 Å². The van der Waals surface area contributed by atoms with Crippen LogP contribution in [-0.4, -0.2) is 0 Å². The molecule has 0 bridgehead atoms. The van der Waals surface area contributed by atoms with Gasteiger partial charge in [-0.25, -0.2) is 0 Å². The minimum absolute atomic E-state index is 0.598. The minimum atomic E-state index is 0.598. The van der Waals surface area contributed by atoms with Crippen molar-refractivity contribution in [2.75, 3.05) is 0 Å². The van der Waals surface area contributed by atoms with Crippen LogP contribution < -0.4 is 0 Å². The second-order valence-electron chi connectivity index (χ2n) is 5.73. The molecule has 2 saturated carbocycles. The maximum Gasteiger partial charge on any atom is -0.0187 e. The molecule has 11 heavy (non-hydrogen) atoms. The Morgan fingerprint density at radius 2 is 1.55 bits per heavy atom. The van der Waals surface area contributed by atoms with Gasteiger partial charge in [-0.05, 0) is 35.0 Å². The number of hydrogen-bond donors (Lipinski definition) is 0. The van der Waals surface area contributed by atoms with Crippen LogP contribution in [0.5, 0.6) is 0 Å². The van der Waals surface area contributed by atoms with E-state index in [1.165, 1.54) is 12.8 Å². The molecule has 2 rings (SSSR count). The molecule has 0 amide bonds. The average molecular weight is 152 g/mol. The van der Waals surface area contributed by atoms with Gasteiger partial charge in [0, 0.05) is 0 Å². The van der Waals surface area contributed by atoms with E-state index < -0.39 is 0 Å². The zero-order valence-corrected chi connectivity index (χ0v) is 8.49. The summed E-state index contributed by atoms with van der Waals surface area (Å²) >= 11 is 0. The molecule has 0 aliphatic heterocycles. The molecular weight excluding hydrogens is 132 g/mol. The van der Waals surface area contributed by atoms with E-state index in [2.05, 4.69) is 34.6 Å². The highest BCUT2D eigenvalue weighted by Crippen LogP contribution is 2.83. The lowest BCUT2D eigenvalue weighted by Crippen LogP contribution is -2.21. The Morgan fingerprint density at radius 1 is 1.00 bits per heavy atom. The highest BCUT2D eigenvalue weighted by atomic mass is 14.8. The number of hydrogen-bond acceptors (Lipinski definition) is 0. The van der Waals surface area contributed by atoms with E-state index in [-0.39, 0.29) is 0 Å². The molecule has 0 aromatic heterocycles. The molecule has 0 aromatic rings. The summed E-state index contributed by atoms with van der Waals surface area (Å²) in [7, 11) is 0. The normalized spacial score (nSPS) is 59.2. The Morgan fingerprint density at radius 3 is 1.73 bits per heavy atom. The van der Waals surface area contributed by atoms with Crippen molar-refractivity contribution in [3.8, 4) is 0 Å². The van der Waals surface area contributed by atoms with Crippen LogP contribution in [0.25, 0.3) is 0 Å². The first-order valence-corrected chi connectivity index (χ1v) is 4.86. The third-order valence-electron chi connectivity index (χ3n) is 5.60. The van der Waals surface area contributed by atoms with E-state index in [1.807, 2.05) is 0 Å². The van der Waals surface area contributed by atoms with Crippen molar-refractivity contribution in [2.45, 2.75) is 47.5 Å². The summed E-state index contributed by atoms with van der Waals surface area (Å²) in [6, 6.07) is 0. The molecule has 0 nitrogen and oxygen atoms in total. The predicted molar refractivity (Wildman–Crippen MR) is 48.4 cm³/mol. The summed E-state index contributed by atoms with van der Waals surface area (Å²) in [5, 5.41) is 0. The van der Waals surface area contributed by atoms with E-state index in [9.17, 15) is 0 Å². The van der Waals surface area contributed by atoms with Crippen molar-refractivity contribution in [2.24, 2.45) is 22.2 Å². The van der Waals surface area contributed by atoms with Crippen LogP contribution in [0.15, 0.2) is 0 Å². The van der Waals surface area contributed by atoms with Crippen LogP contribution in [-0.2, 0) is 0 Å². The van der Waals surface area contributed by atoms with E-state index in [0.29, 0.717) is 16.2 Å². The van der Waals surface area contributed by atoms with Crippen molar-refractivity contribution in [1.82, 2.24) is 0 Å². The van der Waals surface area contributed by atoms with Gasteiger partial charge in [-0.15, -0.1) is 0 Å². The Hall–Kier alpha value is 0. The molecule has 3 atom stereocenters. The molecule has 0 heterocycles. The first-order chi connectivity index (χ1) is 4.86. The highest BCUT2D eigenvalue weighted by Gasteiger charge is 2.76. The van der Waals surface area contributed by atoms with E-state index >= 15 is 0 Å². The van der Waals surface area contributed by atoms with Gasteiger partial charge in [-0.3, -0.25) is 0 Å². The van der Waals surface area contributed by atoms with Crippen LogP contribution in [0.1, 0.15) is 47.5 Å². The van der Waals surface area contributed by atoms with E-state index in [1.54, 1.807) is 0 Å². The quantitative estimate of drug-likeness (QED) is 0.498. The Balaban J connectivity index is 2.39. The lowest BCUT2D eigenvalue weighted by Gasteiger charge is -2.29. The third kappa shape index (κ3) is 0.522. The summed E-state index contributed by atoms with van der Waals surface area (Å²) in [6.07, 6.45) is 2.89. The molecule has 2 unspecified atom stereocenters. The highest BCUT2D eigenvalue weighted by molar-refractivity contribution is 5.24. The molecule has 0 saturated heterocycles. The zero-order valence-electron chi connectivity index (χ0n) is 8.49. The lowest BCUT2D eigenvalue weighted by atomic mass is 9.76.